The van der Waals surface area contributed by atoms with Crippen LogP contribution in [0, 0.1) is 5.82 Å². The molecule has 0 aliphatic rings. The van der Waals surface area contributed by atoms with Crippen LogP contribution >= 0.6 is 0 Å². The first kappa shape index (κ1) is 20.1. The number of methoxy groups -OCH3 is 1. The molecular weight excluding hydrogens is 313 g/mol. The highest BCUT2D eigenvalue weighted by Gasteiger charge is 2.45. The van der Waals surface area contributed by atoms with Crippen molar-refractivity contribution in [1.29, 1.82) is 0 Å². The van der Waals surface area contributed by atoms with Crippen LogP contribution in [0.15, 0.2) is 12.3 Å². The Hall–Kier alpha value is -0.983. The first-order chi connectivity index (χ1) is 10.7. The number of nitrogens with zero attached hydrogens (tertiary/aromatic N) is 1. The van der Waals surface area contributed by atoms with Gasteiger partial charge in [-0.15, -0.1) is 0 Å². The molecule has 0 radical (unpaired) electrons. The molecule has 0 saturated carbocycles. The predicted molar refractivity (Wildman–Crippen MR) is 92.7 cm³/mol. The molecule has 1 atom stereocenters. The van der Waals surface area contributed by atoms with Gasteiger partial charge in [0, 0.05) is 5.56 Å². The van der Waals surface area contributed by atoms with Crippen LogP contribution in [0.25, 0.3) is 0 Å². The van der Waals surface area contributed by atoms with E-state index in [4.69, 9.17) is 9.16 Å². The van der Waals surface area contributed by atoms with Crippen molar-refractivity contribution in [3.05, 3.63) is 23.6 Å². The molecule has 1 aromatic heterocycles. The number of aliphatic hydroxyl groups is 1. The summed E-state index contributed by atoms with van der Waals surface area (Å²) in [5.74, 6) is -0.270. The standard InChI is InChI=1S/C17H30FNO3Si/c1-11(2)23(12(3)4,13(5)6)22-10-16(20)15-8-14(18)9-19-17(15)21-7/h8-9,11-13,16,20H,10H2,1-7H3. The van der Waals surface area contributed by atoms with Gasteiger partial charge in [0.1, 0.15) is 11.9 Å². The molecule has 6 heteroatoms. The van der Waals surface area contributed by atoms with Gasteiger partial charge in [0.15, 0.2) is 8.32 Å². The number of ether oxygens (including phenoxy) is 1. The van der Waals surface area contributed by atoms with Crippen molar-refractivity contribution in [1.82, 2.24) is 4.98 Å². The molecule has 132 valence electrons. The van der Waals surface area contributed by atoms with Gasteiger partial charge in [-0.1, -0.05) is 41.5 Å². The van der Waals surface area contributed by atoms with Crippen molar-refractivity contribution in [2.75, 3.05) is 13.7 Å². The molecule has 1 heterocycles. The highest BCUT2D eigenvalue weighted by Crippen LogP contribution is 2.42. The number of pyridine rings is 1. The lowest BCUT2D eigenvalue weighted by molar-refractivity contribution is 0.0947. The molecule has 1 rings (SSSR count). The van der Waals surface area contributed by atoms with Gasteiger partial charge in [-0.2, -0.15) is 0 Å². The molecule has 0 spiro atoms. The van der Waals surface area contributed by atoms with Crippen LogP contribution in [0.1, 0.15) is 53.2 Å². The van der Waals surface area contributed by atoms with E-state index in [1.54, 1.807) is 0 Å². The van der Waals surface area contributed by atoms with Gasteiger partial charge in [-0.25, -0.2) is 9.37 Å². The Morgan fingerprint density at radius 2 is 1.65 bits per heavy atom. The van der Waals surface area contributed by atoms with Crippen LogP contribution in [-0.4, -0.2) is 32.1 Å². The van der Waals surface area contributed by atoms with Crippen LogP contribution < -0.4 is 4.74 Å². The van der Waals surface area contributed by atoms with Crippen molar-refractivity contribution in [3.63, 3.8) is 0 Å². The molecule has 1 N–H and O–H groups in total. The third kappa shape index (κ3) is 4.31. The first-order valence-corrected chi connectivity index (χ1v) is 10.3. The topological polar surface area (TPSA) is 51.6 Å². The fourth-order valence-electron chi connectivity index (χ4n) is 3.66. The Bertz CT molecular complexity index is 487. The number of rotatable bonds is 8. The fraction of sp³-hybridized carbons (Fsp3) is 0.706. The van der Waals surface area contributed by atoms with Gasteiger partial charge >= 0.3 is 0 Å². The Morgan fingerprint density at radius 1 is 1.13 bits per heavy atom. The van der Waals surface area contributed by atoms with Crippen LogP contribution in [-0.2, 0) is 4.43 Å². The SMILES string of the molecule is COc1ncc(F)cc1C(O)CO[Si](C(C)C)(C(C)C)C(C)C. The second kappa shape index (κ2) is 8.21. The minimum absolute atomic E-state index is 0.127. The molecule has 0 aromatic carbocycles. The van der Waals surface area contributed by atoms with Crippen molar-refractivity contribution in [2.45, 2.75) is 64.3 Å². The van der Waals surface area contributed by atoms with Crippen molar-refractivity contribution >= 4 is 8.32 Å². The number of hydrogen-bond acceptors (Lipinski definition) is 4. The Balaban J connectivity index is 3.00. The summed E-state index contributed by atoms with van der Waals surface area (Å²) in [5.41, 5.74) is 1.58. The summed E-state index contributed by atoms with van der Waals surface area (Å²) >= 11 is 0. The van der Waals surface area contributed by atoms with Gasteiger partial charge < -0.3 is 14.3 Å². The molecule has 0 saturated heterocycles. The van der Waals surface area contributed by atoms with E-state index in [9.17, 15) is 9.50 Å². The molecule has 0 aliphatic carbocycles. The normalized spacial score (nSPS) is 13.9. The average Bonchev–Trinajstić information content (AvgIpc) is 2.46. The summed E-state index contributed by atoms with van der Waals surface area (Å²) in [6.45, 7) is 13.2. The zero-order valence-corrected chi connectivity index (χ0v) is 16.3. The smallest absolute Gasteiger partial charge is 0.219 e. The van der Waals surface area contributed by atoms with Crippen LogP contribution in [0.5, 0.6) is 5.88 Å². The van der Waals surface area contributed by atoms with E-state index in [0.29, 0.717) is 22.2 Å². The molecule has 0 fully saturated rings. The average molecular weight is 344 g/mol. The van der Waals surface area contributed by atoms with Gasteiger partial charge in [-0.05, 0) is 22.7 Å². The maximum absolute atomic E-state index is 13.4. The minimum Gasteiger partial charge on any atom is -0.481 e. The van der Waals surface area contributed by atoms with E-state index in [0.717, 1.165) is 6.20 Å². The zero-order valence-electron chi connectivity index (χ0n) is 15.3. The Morgan fingerprint density at radius 3 is 2.09 bits per heavy atom. The monoisotopic (exact) mass is 343 g/mol. The Labute approximate surface area is 140 Å². The second-order valence-electron chi connectivity index (χ2n) is 6.90. The van der Waals surface area contributed by atoms with Gasteiger partial charge in [0.2, 0.25) is 5.88 Å². The van der Waals surface area contributed by atoms with Crippen molar-refractivity contribution in [3.8, 4) is 5.88 Å². The van der Waals surface area contributed by atoms with E-state index in [-0.39, 0.29) is 12.5 Å². The maximum Gasteiger partial charge on any atom is 0.219 e. The van der Waals surface area contributed by atoms with Gasteiger partial charge in [0.05, 0.1) is 19.9 Å². The number of aromatic nitrogens is 1. The summed E-state index contributed by atoms with van der Waals surface area (Å²) < 4.78 is 24.9. The van der Waals surface area contributed by atoms with Crippen molar-refractivity contribution < 1.29 is 18.7 Å². The first-order valence-electron chi connectivity index (χ1n) is 8.18. The van der Waals surface area contributed by atoms with E-state index in [1.165, 1.54) is 13.2 Å². The minimum atomic E-state index is -2.08. The molecule has 0 amide bonds. The van der Waals surface area contributed by atoms with Crippen LogP contribution in [0.2, 0.25) is 16.6 Å². The molecule has 23 heavy (non-hydrogen) atoms. The number of halogens is 1. The summed E-state index contributed by atoms with van der Waals surface area (Å²) in [6.07, 6.45) is 0.113. The highest BCUT2D eigenvalue weighted by atomic mass is 28.4. The molecule has 0 aliphatic heterocycles. The van der Waals surface area contributed by atoms with Crippen LogP contribution in [0.3, 0.4) is 0 Å². The third-order valence-electron chi connectivity index (χ3n) is 4.60. The summed E-state index contributed by atoms with van der Waals surface area (Å²) in [6, 6.07) is 1.25. The number of hydrogen-bond donors (Lipinski definition) is 1. The van der Waals surface area contributed by atoms with E-state index >= 15 is 0 Å². The van der Waals surface area contributed by atoms with Crippen LogP contribution in [0.4, 0.5) is 4.39 Å². The lowest BCUT2D eigenvalue weighted by Crippen LogP contribution is -2.48. The lowest BCUT2D eigenvalue weighted by Gasteiger charge is -2.42. The predicted octanol–water partition coefficient (Wildman–Crippen LogP) is 4.45. The largest absolute Gasteiger partial charge is 0.481 e. The third-order valence-corrected chi connectivity index (χ3v) is 10.7. The summed E-state index contributed by atoms with van der Waals surface area (Å²) in [7, 11) is -0.628. The summed E-state index contributed by atoms with van der Waals surface area (Å²) in [4.78, 5) is 3.87. The molecule has 1 unspecified atom stereocenters. The summed E-state index contributed by atoms with van der Waals surface area (Å²) in [5, 5.41) is 10.5. The Kier molecular flexibility index (Phi) is 7.17. The molecule has 4 nitrogen and oxygen atoms in total. The molecule has 0 bridgehead atoms. The second-order valence-corrected chi connectivity index (χ2v) is 12.4. The van der Waals surface area contributed by atoms with E-state index in [1.807, 2.05) is 0 Å². The zero-order chi connectivity index (χ0) is 17.8. The molecular formula is C17H30FNO3Si. The van der Waals surface area contributed by atoms with Crippen molar-refractivity contribution in [2.24, 2.45) is 0 Å². The maximum atomic E-state index is 13.4. The van der Waals surface area contributed by atoms with E-state index in [2.05, 4.69) is 46.5 Å². The highest BCUT2D eigenvalue weighted by molar-refractivity contribution is 6.77. The molecule has 1 aromatic rings. The number of aliphatic hydroxyl groups excluding tert-OH is 1. The quantitative estimate of drug-likeness (QED) is 0.708. The van der Waals surface area contributed by atoms with E-state index < -0.39 is 20.2 Å². The fourth-order valence-corrected chi connectivity index (χ4v) is 9.11. The van der Waals surface area contributed by atoms with Gasteiger partial charge in [0.25, 0.3) is 0 Å². The lowest BCUT2D eigenvalue weighted by atomic mass is 10.1. The van der Waals surface area contributed by atoms with Gasteiger partial charge in [-0.3, -0.25) is 0 Å².